The highest BCUT2D eigenvalue weighted by Gasteiger charge is 2.90. The Balaban J connectivity index is 1.40. The lowest BCUT2D eigenvalue weighted by Crippen LogP contribution is -2.47. The predicted molar refractivity (Wildman–Crippen MR) is 68.2 cm³/mol. The second-order valence-electron chi connectivity index (χ2n) is 7.55. The molecule has 6 saturated carbocycles. The number of carbonyl (C=O) groups is 2. The summed E-state index contributed by atoms with van der Waals surface area (Å²) in [7, 11) is 0. The molecular weight excluding hydrogens is 256 g/mol. The Morgan fingerprint density at radius 1 is 0.650 bits per heavy atom. The predicted octanol–water partition coefficient (Wildman–Crippen LogP) is 1.34. The molecule has 20 heavy (non-hydrogen) atoms. The lowest BCUT2D eigenvalue weighted by molar-refractivity contribution is -0.154. The van der Waals surface area contributed by atoms with Gasteiger partial charge in [0.05, 0.1) is 13.2 Å². The molecule has 0 radical (unpaired) electrons. The van der Waals surface area contributed by atoms with Gasteiger partial charge in [-0.15, -0.1) is 0 Å². The van der Waals surface area contributed by atoms with Gasteiger partial charge in [-0.05, 0) is 47.3 Å². The Morgan fingerprint density at radius 2 is 0.950 bits per heavy atom. The number of fused-ring (bicyclic) bond motifs is 1. The van der Waals surface area contributed by atoms with Crippen molar-refractivity contribution in [1.82, 2.24) is 0 Å². The molecule has 6 fully saturated rings. The number of hydrogen-bond acceptors (Lipinski definition) is 4. The van der Waals surface area contributed by atoms with Crippen LogP contribution in [0.3, 0.4) is 0 Å². The monoisotopic (exact) mass is 276 g/mol. The van der Waals surface area contributed by atoms with Crippen molar-refractivity contribution in [2.24, 2.45) is 59.2 Å². The van der Waals surface area contributed by atoms with Gasteiger partial charge in [0, 0.05) is 25.7 Å². The van der Waals surface area contributed by atoms with Crippen LogP contribution < -0.4 is 0 Å². The van der Waals surface area contributed by atoms with Crippen LogP contribution in [0.2, 0.25) is 0 Å². The average Bonchev–Trinajstić information content (AvgIpc) is 3.22. The fraction of sp³-hybridized carbons (Fsp3) is 0.875. The summed E-state index contributed by atoms with van der Waals surface area (Å²) in [4.78, 5) is 22.3. The van der Waals surface area contributed by atoms with Gasteiger partial charge in [0.15, 0.2) is 0 Å². The third-order valence-electron chi connectivity index (χ3n) is 7.10. The SMILES string of the molecule is CC(=O)OC[C@@H]1C2[C@H]3C4C5[C@H](C([C@@H]43)[C@@H]1COC(C)=O)[C@@H]52. The summed E-state index contributed by atoms with van der Waals surface area (Å²) in [5.74, 6) is 7.67. The van der Waals surface area contributed by atoms with E-state index < -0.39 is 0 Å². The minimum absolute atomic E-state index is 0.190. The number of esters is 2. The third kappa shape index (κ3) is 1.16. The van der Waals surface area contributed by atoms with Crippen molar-refractivity contribution in [2.75, 3.05) is 13.2 Å². The maximum Gasteiger partial charge on any atom is 0.302 e. The lowest BCUT2D eigenvalue weighted by atomic mass is 9.59. The fourth-order valence-electron chi connectivity index (χ4n) is 6.97. The Labute approximate surface area is 118 Å². The Kier molecular flexibility index (Phi) is 1.97. The van der Waals surface area contributed by atoms with Crippen LogP contribution in [0.15, 0.2) is 0 Å². The minimum atomic E-state index is -0.190. The molecular formula is C16H20O4. The smallest absolute Gasteiger partial charge is 0.302 e. The van der Waals surface area contributed by atoms with E-state index >= 15 is 0 Å². The normalized spacial score (nSPS) is 58.3. The van der Waals surface area contributed by atoms with Gasteiger partial charge in [0.1, 0.15) is 0 Å². The molecule has 4 heteroatoms. The summed E-state index contributed by atoms with van der Waals surface area (Å²) in [6.07, 6.45) is 0. The first-order valence-electron chi connectivity index (χ1n) is 7.88. The Hall–Kier alpha value is -1.06. The van der Waals surface area contributed by atoms with Crippen molar-refractivity contribution in [3.63, 3.8) is 0 Å². The van der Waals surface area contributed by atoms with Crippen LogP contribution in [-0.2, 0) is 19.1 Å². The molecule has 0 N–H and O–H groups in total. The summed E-state index contributed by atoms with van der Waals surface area (Å²) in [5, 5.41) is 0. The maximum absolute atomic E-state index is 11.1. The molecule has 4 nitrogen and oxygen atoms in total. The van der Waals surface area contributed by atoms with Crippen molar-refractivity contribution in [3.8, 4) is 0 Å². The highest BCUT2D eigenvalue weighted by atomic mass is 16.5. The van der Waals surface area contributed by atoms with Crippen molar-refractivity contribution in [1.29, 1.82) is 0 Å². The highest BCUT2D eigenvalue weighted by molar-refractivity contribution is 5.66. The first-order chi connectivity index (χ1) is 9.61. The molecule has 0 aliphatic heterocycles. The van der Waals surface area contributed by atoms with E-state index in [9.17, 15) is 9.59 Å². The van der Waals surface area contributed by atoms with E-state index in [4.69, 9.17) is 9.47 Å². The van der Waals surface area contributed by atoms with Crippen molar-refractivity contribution in [3.05, 3.63) is 0 Å². The highest BCUT2D eigenvalue weighted by Crippen LogP contribution is 2.93. The second-order valence-corrected chi connectivity index (χ2v) is 7.55. The molecule has 0 amide bonds. The van der Waals surface area contributed by atoms with Crippen LogP contribution in [0.1, 0.15) is 13.8 Å². The van der Waals surface area contributed by atoms with E-state index in [2.05, 4.69) is 0 Å². The molecule has 6 aliphatic carbocycles. The van der Waals surface area contributed by atoms with Gasteiger partial charge in [0.25, 0.3) is 0 Å². The molecule has 108 valence electrons. The van der Waals surface area contributed by atoms with Crippen LogP contribution in [0.25, 0.3) is 0 Å². The van der Waals surface area contributed by atoms with Gasteiger partial charge in [-0.3, -0.25) is 9.59 Å². The van der Waals surface area contributed by atoms with Crippen molar-refractivity contribution >= 4 is 11.9 Å². The van der Waals surface area contributed by atoms with E-state index in [1.807, 2.05) is 0 Å². The fourth-order valence-corrected chi connectivity index (χ4v) is 6.97. The standard InChI is InChI=1S/C16H20O4/c1-5(17)19-3-7-8(4-20-6(2)18)10-13-11-9(7)12-14(10)16(12)15(11)13/h7-16H,3-4H2,1-2H3/t7-,8+,9?,10?,11-,12-,13-,14+,15?,16?/m1/s1. The molecule has 0 saturated heterocycles. The zero-order valence-electron chi connectivity index (χ0n) is 11.8. The Bertz CT molecular complexity index is 449. The second kappa shape index (κ2) is 3.40. The molecule has 6 rings (SSSR count). The first kappa shape index (κ1) is 11.6. The number of ether oxygens (including phenoxy) is 2. The largest absolute Gasteiger partial charge is 0.466 e. The molecule has 0 aromatic carbocycles. The van der Waals surface area contributed by atoms with Gasteiger partial charge >= 0.3 is 11.9 Å². The van der Waals surface area contributed by atoms with Crippen molar-refractivity contribution in [2.45, 2.75) is 13.8 Å². The van der Waals surface area contributed by atoms with E-state index in [1.165, 1.54) is 13.8 Å². The summed E-state index contributed by atoms with van der Waals surface area (Å²) >= 11 is 0. The molecule has 4 unspecified atom stereocenters. The average molecular weight is 276 g/mol. The topological polar surface area (TPSA) is 52.6 Å². The van der Waals surface area contributed by atoms with Crippen LogP contribution in [0.5, 0.6) is 0 Å². The van der Waals surface area contributed by atoms with Crippen LogP contribution >= 0.6 is 0 Å². The van der Waals surface area contributed by atoms with Gasteiger partial charge in [-0.1, -0.05) is 0 Å². The first-order valence-corrected chi connectivity index (χ1v) is 7.88. The van der Waals surface area contributed by atoms with Crippen LogP contribution in [0.4, 0.5) is 0 Å². The summed E-state index contributed by atoms with van der Waals surface area (Å²) < 4.78 is 10.7. The number of hydrogen-bond donors (Lipinski definition) is 0. The summed E-state index contributed by atoms with van der Waals surface area (Å²) in [5.41, 5.74) is 0. The quantitative estimate of drug-likeness (QED) is 0.727. The summed E-state index contributed by atoms with van der Waals surface area (Å²) in [6.45, 7) is 4.03. The van der Waals surface area contributed by atoms with Crippen LogP contribution in [-0.4, -0.2) is 25.2 Å². The van der Waals surface area contributed by atoms with Gasteiger partial charge in [0.2, 0.25) is 0 Å². The molecule has 2 bridgehead atoms. The summed E-state index contributed by atoms with van der Waals surface area (Å²) in [6, 6.07) is 0. The molecule has 10 atom stereocenters. The Morgan fingerprint density at radius 3 is 1.25 bits per heavy atom. The molecule has 0 aromatic rings. The van der Waals surface area contributed by atoms with Gasteiger partial charge in [-0.25, -0.2) is 0 Å². The minimum Gasteiger partial charge on any atom is -0.466 e. The maximum atomic E-state index is 11.1. The molecule has 0 heterocycles. The van der Waals surface area contributed by atoms with E-state index in [1.54, 1.807) is 0 Å². The van der Waals surface area contributed by atoms with Gasteiger partial charge in [-0.2, -0.15) is 0 Å². The zero-order chi connectivity index (χ0) is 13.8. The van der Waals surface area contributed by atoms with Crippen molar-refractivity contribution < 1.29 is 19.1 Å². The van der Waals surface area contributed by atoms with Crippen LogP contribution in [0, 0.1) is 59.2 Å². The number of carbonyl (C=O) groups excluding carboxylic acids is 2. The van der Waals surface area contributed by atoms with E-state index in [0.717, 1.165) is 47.3 Å². The molecule has 6 aliphatic rings. The molecule has 0 spiro atoms. The number of rotatable bonds is 4. The van der Waals surface area contributed by atoms with Gasteiger partial charge < -0.3 is 9.47 Å². The lowest BCUT2D eigenvalue weighted by Gasteiger charge is -2.47. The van der Waals surface area contributed by atoms with E-state index in [0.29, 0.717) is 25.0 Å². The molecule has 0 aromatic heterocycles. The van der Waals surface area contributed by atoms with E-state index in [-0.39, 0.29) is 11.9 Å². The third-order valence-corrected chi connectivity index (χ3v) is 7.10. The zero-order valence-corrected chi connectivity index (χ0v) is 11.8.